The maximum absolute atomic E-state index is 12.6. The molecule has 0 aromatic carbocycles. The van der Waals surface area contributed by atoms with E-state index in [-0.39, 0.29) is 17.4 Å². The number of amides is 1. The predicted molar refractivity (Wildman–Crippen MR) is 94.5 cm³/mol. The summed E-state index contributed by atoms with van der Waals surface area (Å²) in [7, 11) is 0. The predicted octanol–water partition coefficient (Wildman–Crippen LogP) is 2.52. The first-order chi connectivity index (χ1) is 12.1. The van der Waals surface area contributed by atoms with Crippen molar-refractivity contribution in [3.63, 3.8) is 0 Å². The Balaban J connectivity index is 1.27. The van der Waals surface area contributed by atoms with E-state index < -0.39 is 0 Å². The Labute approximate surface area is 149 Å². The van der Waals surface area contributed by atoms with E-state index in [9.17, 15) is 10.1 Å². The summed E-state index contributed by atoms with van der Waals surface area (Å²) in [5.74, 6) is 0.210. The number of hydrogen-bond acceptors (Lipinski definition) is 4. The Morgan fingerprint density at radius 3 is 2.52 bits per heavy atom. The highest BCUT2D eigenvalue weighted by Gasteiger charge is 2.46. The van der Waals surface area contributed by atoms with Gasteiger partial charge in [0.15, 0.2) is 0 Å². The third-order valence-electron chi connectivity index (χ3n) is 6.35. The molecule has 132 valence electrons. The fourth-order valence-electron chi connectivity index (χ4n) is 3.87. The molecular weight excluding hydrogens is 312 g/mol. The highest BCUT2D eigenvalue weighted by molar-refractivity contribution is 5.81. The van der Waals surface area contributed by atoms with Crippen LogP contribution in [-0.4, -0.2) is 34.9 Å². The molecule has 1 amide bonds. The molecule has 2 heterocycles. The van der Waals surface area contributed by atoms with Crippen LogP contribution in [0.15, 0.2) is 18.3 Å². The summed E-state index contributed by atoms with van der Waals surface area (Å²) >= 11 is 0. The van der Waals surface area contributed by atoms with E-state index in [1.54, 1.807) is 0 Å². The summed E-state index contributed by atoms with van der Waals surface area (Å²) in [5, 5.41) is 12.6. The van der Waals surface area contributed by atoms with Gasteiger partial charge in [-0.15, -0.1) is 0 Å². The molecule has 1 unspecified atom stereocenters. The van der Waals surface area contributed by atoms with E-state index in [1.165, 1.54) is 25.7 Å². The number of nitriles is 1. The van der Waals surface area contributed by atoms with Crippen molar-refractivity contribution in [1.82, 2.24) is 15.2 Å². The van der Waals surface area contributed by atoms with Crippen LogP contribution in [0.5, 0.6) is 0 Å². The summed E-state index contributed by atoms with van der Waals surface area (Å²) in [6, 6.07) is 6.17. The monoisotopic (exact) mass is 338 g/mol. The first kappa shape index (κ1) is 16.5. The summed E-state index contributed by atoms with van der Waals surface area (Å²) < 4.78 is 0. The molecule has 3 fully saturated rings. The molecular formula is C20H26N4O. The number of aromatic nitrogens is 1. The lowest BCUT2D eigenvalue weighted by Crippen LogP contribution is -2.48. The molecule has 4 rings (SSSR count). The minimum Gasteiger partial charge on any atom is -0.341 e. The zero-order valence-corrected chi connectivity index (χ0v) is 14.9. The molecule has 1 aliphatic heterocycles. The number of carbonyl (C=O) groups is 1. The Morgan fingerprint density at radius 1 is 1.28 bits per heavy atom. The second-order valence-corrected chi connectivity index (χ2v) is 8.17. The molecule has 0 radical (unpaired) electrons. The van der Waals surface area contributed by atoms with Crippen LogP contribution in [0, 0.1) is 16.7 Å². The second-order valence-electron chi connectivity index (χ2n) is 8.17. The van der Waals surface area contributed by atoms with Gasteiger partial charge in [-0.05, 0) is 62.5 Å². The van der Waals surface area contributed by atoms with Crippen molar-refractivity contribution in [2.45, 2.75) is 63.5 Å². The third-order valence-corrected chi connectivity index (χ3v) is 6.35. The van der Waals surface area contributed by atoms with Crippen LogP contribution in [0.1, 0.15) is 56.7 Å². The van der Waals surface area contributed by atoms with Gasteiger partial charge in [0.05, 0.1) is 23.2 Å². The van der Waals surface area contributed by atoms with E-state index in [0.29, 0.717) is 12.0 Å². The Bertz CT molecular complexity index is 687. The fraction of sp³-hybridized carbons (Fsp3) is 0.650. The molecule has 2 saturated carbocycles. The smallest absolute Gasteiger partial charge is 0.239 e. The molecule has 2 aliphatic carbocycles. The molecule has 1 saturated heterocycles. The average molecular weight is 338 g/mol. The largest absolute Gasteiger partial charge is 0.341 e. The topological polar surface area (TPSA) is 69.0 Å². The number of nitrogens with zero attached hydrogens (tertiary/aromatic N) is 3. The maximum atomic E-state index is 12.6. The summed E-state index contributed by atoms with van der Waals surface area (Å²) in [4.78, 5) is 19.1. The van der Waals surface area contributed by atoms with Crippen LogP contribution < -0.4 is 5.32 Å². The van der Waals surface area contributed by atoms with Crippen molar-refractivity contribution in [2.24, 2.45) is 5.41 Å². The van der Waals surface area contributed by atoms with Crippen molar-refractivity contribution in [3.05, 3.63) is 29.6 Å². The van der Waals surface area contributed by atoms with Crippen LogP contribution >= 0.6 is 0 Å². The molecule has 1 spiro atoms. The van der Waals surface area contributed by atoms with E-state index in [4.69, 9.17) is 0 Å². The first-order valence-corrected chi connectivity index (χ1v) is 9.45. The lowest BCUT2D eigenvalue weighted by Gasteiger charge is -2.34. The summed E-state index contributed by atoms with van der Waals surface area (Å²) in [6.45, 7) is 4.40. The van der Waals surface area contributed by atoms with E-state index >= 15 is 0 Å². The quantitative estimate of drug-likeness (QED) is 0.896. The third kappa shape index (κ3) is 3.28. The second kappa shape index (κ2) is 6.10. The minimum absolute atomic E-state index is 0.179. The summed E-state index contributed by atoms with van der Waals surface area (Å²) in [5.41, 5.74) is 2.20. The van der Waals surface area contributed by atoms with Gasteiger partial charge in [-0.25, -0.2) is 0 Å². The Morgan fingerprint density at radius 2 is 2.00 bits per heavy atom. The van der Waals surface area contributed by atoms with E-state index in [2.05, 4.69) is 16.4 Å². The van der Waals surface area contributed by atoms with Crippen LogP contribution in [0.4, 0.5) is 0 Å². The molecule has 25 heavy (non-hydrogen) atoms. The normalized spacial score (nSPS) is 23.8. The van der Waals surface area contributed by atoms with Crippen molar-refractivity contribution in [1.29, 1.82) is 5.26 Å². The van der Waals surface area contributed by atoms with E-state index in [0.717, 1.165) is 37.2 Å². The van der Waals surface area contributed by atoms with Gasteiger partial charge in [-0.1, -0.05) is 6.07 Å². The van der Waals surface area contributed by atoms with Gasteiger partial charge in [0.25, 0.3) is 0 Å². The average Bonchev–Trinajstić information content (AvgIpc) is 3.57. The number of pyridine rings is 1. The molecule has 5 nitrogen and oxygen atoms in total. The molecule has 0 bridgehead atoms. The van der Waals surface area contributed by atoms with Gasteiger partial charge in [0.2, 0.25) is 5.91 Å². The SMILES string of the molecule is CC(NCc1ccc(C2(C#N)CC2)nc1)C(=O)N1CCC2(CC1)CC2. The molecule has 5 heteroatoms. The maximum Gasteiger partial charge on any atom is 0.239 e. The minimum atomic E-state index is -0.331. The lowest BCUT2D eigenvalue weighted by atomic mass is 9.93. The van der Waals surface area contributed by atoms with Crippen LogP contribution in [-0.2, 0) is 16.8 Å². The highest BCUT2D eigenvalue weighted by Crippen LogP contribution is 2.53. The van der Waals surface area contributed by atoms with Crippen LogP contribution in [0.3, 0.4) is 0 Å². The molecule has 1 aromatic rings. The van der Waals surface area contributed by atoms with Gasteiger partial charge in [-0.2, -0.15) is 5.26 Å². The van der Waals surface area contributed by atoms with Crippen molar-refractivity contribution >= 4 is 5.91 Å². The van der Waals surface area contributed by atoms with Gasteiger partial charge in [0.1, 0.15) is 0 Å². The molecule has 1 aromatic heterocycles. The number of piperidine rings is 1. The molecule has 3 aliphatic rings. The fourth-order valence-corrected chi connectivity index (χ4v) is 3.87. The van der Waals surface area contributed by atoms with Crippen molar-refractivity contribution < 1.29 is 4.79 Å². The number of likely N-dealkylation sites (tertiary alicyclic amines) is 1. The summed E-state index contributed by atoms with van der Waals surface area (Å²) in [6.07, 6.45) is 8.73. The highest BCUT2D eigenvalue weighted by atomic mass is 16.2. The van der Waals surface area contributed by atoms with Crippen molar-refractivity contribution in [3.8, 4) is 6.07 Å². The van der Waals surface area contributed by atoms with Crippen LogP contribution in [0.2, 0.25) is 0 Å². The molecule has 1 atom stereocenters. The number of nitrogens with one attached hydrogen (secondary N) is 1. The zero-order chi connectivity index (χ0) is 17.5. The van der Waals surface area contributed by atoms with E-state index in [1.807, 2.05) is 30.2 Å². The van der Waals surface area contributed by atoms with Gasteiger partial charge in [0, 0.05) is 25.8 Å². The Hall–Kier alpha value is -1.93. The number of hydrogen-bond donors (Lipinski definition) is 1. The van der Waals surface area contributed by atoms with Crippen molar-refractivity contribution in [2.75, 3.05) is 13.1 Å². The number of carbonyl (C=O) groups excluding carboxylic acids is 1. The lowest BCUT2D eigenvalue weighted by molar-refractivity contribution is -0.134. The molecule has 1 N–H and O–H groups in total. The number of rotatable bonds is 5. The van der Waals surface area contributed by atoms with Crippen LogP contribution in [0.25, 0.3) is 0 Å². The zero-order valence-electron chi connectivity index (χ0n) is 14.9. The Kier molecular flexibility index (Phi) is 4.04. The van der Waals surface area contributed by atoms with Gasteiger partial charge >= 0.3 is 0 Å². The van der Waals surface area contributed by atoms with Gasteiger partial charge in [-0.3, -0.25) is 9.78 Å². The van der Waals surface area contributed by atoms with Gasteiger partial charge < -0.3 is 10.2 Å². The standard InChI is InChI=1S/C20H26N4O/c1-15(18(25)24-10-8-19(4-5-19)9-11-24)22-12-16-2-3-17(23-13-16)20(14-21)6-7-20/h2-3,13,15,22H,4-12H2,1H3. The first-order valence-electron chi connectivity index (χ1n) is 9.45.